The van der Waals surface area contributed by atoms with Gasteiger partial charge in [0.05, 0.1) is 12.3 Å². The van der Waals surface area contributed by atoms with Crippen LogP contribution in [0.4, 0.5) is 0 Å². The van der Waals surface area contributed by atoms with Crippen molar-refractivity contribution in [2.24, 2.45) is 11.7 Å². The standard InChI is InChI=1S/C14H24N2O/c1-11(14-8-5-9-17-14)16(2)13-7-4-3-6-12(13)10-15/h5,8-9,11-13H,3-4,6-7,10,15H2,1-2H3. The molecule has 17 heavy (non-hydrogen) atoms. The highest BCUT2D eigenvalue weighted by atomic mass is 16.3. The molecule has 3 atom stereocenters. The van der Waals surface area contributed by atoms with E-state index in [9.17, 15) is 0 Å². The molecule has 0 saturated heterocycles. The predicted octanol–water partition coefficient (Wildman–Crippen LogP) is 2.79. The van der Waals surface area contributed by atoms with E-state index in [1.54, 1.807) is 6.26 Å². The molecule has 3 heteroatoms. The van der Waals surface area contributed by atoms with Crippen molar-refractivity contribution in [2.45, 2.75) is 44.7 Å². The van der Waals surface area contributed by atoms with Gasteiger partial charge in [-0.3, -0.25) is 4.90 Å². The SMILES string of the molecule is CC(c1ccco1)N(C)C1CCCCC1CN. The average Bonchev–Trinajstić information content (AvgIpc) is 2.90. The summed E-state index contributed by atoms with van der Waals surface area (Å²) in [7, 11) is 2.20. The van der Waals surface area contributed by atoms with Crippen LogP contribution in [0.3, 0.4) is 0 Å². The van der Waals surface area contributed by atoms with E-state index in [2.05, 4.69) is 24.9 Å². The Hall–Kier alpha value is -0.800. The molecule has 1 aromatic rings. The first-order valence-electron chi connectivity index (χ1n) is 6.69. The van der Waals surface area contributed by atoms with Crippen molar-refractivity contribution in [1.82, 2.24) is 4.90 Å². The summed E-state index contributed by atoms with van der Waals surface area (Å²) in [6.45, 7) is 3.01. The normalized spacial score (nSPS) is 27.3. The van der Waals surface area contributed by atoms with Gasteiger partial charge in [0, 0.05) is 6.04 Å². The van der Waals surface area contributed by atoms with Crippen LogP contribution in [0.15, 0.2) is 22.8 Å². The summed E-state index contributed by atoms with van der Waals surface area (Å²) in [5, 5.41) is 0. The van der Waals surface area contributed by atoms with Crippen molar-refractivity contribution < 1.29 is 4.42 Å². The first-order valence-corrected chi connectivity index (χ1v) is 6.69. The molecule has 0 aliphatic heterocycles. The molecule has 1 aromatic heterocycles. The van der Waals surface area contributed by atoms with Crippen molar-refractivity contribution >= 4 is 0 Å². The molecule has 1 saturated carbocycles. The van der Waals surface area contributed by atoms with E-state index in [0.717, 1.165) is 12.3 Å². The largest absolute Gasteiger partial charge is 0.468 e. The van der Waals surface area contributed by atoms with Crippen LogP contribution in [0.2, 0.25) is 0 Å². The van der Waals surface area contributed by atoms with Gasteiger partial charge in [0.15, 0.2) is 0 Å². The molecule has 1 fully saturated rings. The smallest absolute Gasteiger partial charge is 0.120 e. The molecule has 3 unspecified atom stereocenters. The summed E-state index contributed by atoms with van der Waals surface area (Å²) in [5.74, 6) is 1.69. The van der Waals surface area contributed by atoms with Gasteiger partial charge in [0.25, 0.3) is 0 Å². The van der Waals surface area contributed by atoms with Crippen LogP contribution >= 0.6 is 0 Å². The van der Waals surface area contributed by atoms with E-state index in [1.807, 2.05) is 6.07 Å². The molecule has 1 aliphatic carbocycles. The number of nitrogens with zero attached hydrogens (tertiary/aromatic N) is 1. The molecule has 0 amide bonds. The lowest BCUT2D eigenvalue weighted by atomic mass is 9.83. The van der Waals surface area contributed by atoms with Gasteiger partial charge in [-0.15, -0.1) is 0 Å². The number of nitrogens with two attached hydrogens (primary N) is 1. The highest BCUT2D eigenvalue weighted by molar-refractivity contribution is 5.04. The van der Waals surface area contributed by atoms with Crippen molar-refractivity contribution in [3.05, 3.63) is 24.2 Å². The zero-order valence-electron chi connectivity index (χ0n) is 10.9. The summed E-state index contributed by atoms with van der Waals surface area (Å²) in [4.78, 5) is 2.44. The van der Waals surface area contributed by atoms with E-state index < -0.39 is 0 Å². The Balaban J connectivity index is 2.04. The highest BCUT2D eigenvalue weighted by Gasteiger charge is 2.30. The Bertz CT molecular complexity index is 323. The Morgan fingerprint density at radius 3 is 2.88 bits per heavy atom. The Kier molecular flexibility index (Phi) is 4.24. The van der Waals surface area contributed by atoms with E-state index in [-0.39, 0.29) is 0 Å². The van der Waals surface area contributed by atoms with Crippen LogP contribution in [-0.4, -0.2) is 24.5 Å². The second kappa shape index (κ2) is 5.69. The molecule has 96 valence electrons. The molecular weight excluding hydrogens is 212 g/mol. The maximum absolute atomic E-state index is 5.90. The summed E-state index contributed by atoms with van der Waals surface area (Å²) in [5.41, 5.74) is 5.90. The first kappa shape index (κ1) is 12.7. The van der Waals surface area contributed by atoms with Crippen LogP contribution in [-0.2, 0) is 0 Å². The van der Waals surface area contributed by atoms with Gasteiger partial charge >= 0.3 is 0 Å². The van der Waals surface area contributed by atoms with Crippen molar-refractivity contribution in [1.29, 1.82) is 0 Å². The average molecular weight is 236 g/mol. The molecule has 0 bridgehead atoms. The van der Waals surface area contributed by atoms with Gasteiger partial charge in [0.1, 0.15) is 5.76 Å². The summed E-state index contributed by atoms with van der Waals surface area (Å²) < 4.78 is 5.50. The molecule has 2 rings (SSSR count). The van der Waals surface area contributed by atoms with E-state index in [0.29, 0.717) is 18.0 Å². The maximum Gasteiger partial charge on any atom is 0.120 e. The van der Waals surface area contributed by atoms with Gasteiger partial charge in [-0.2, -0.15) is 0 Å². The first-order chi connectivity index (χ1) is 8.24. The van der Waals surface area contributed by atoms with Crippen LogP contribution in [0, 0.1) is 5.92 Å². The summed E-state index contributed by atoms with van der Waals surface area (Å²) >= 11 is 0. The molecule has 0 radical (unpaired) electrons. The zero-order valence-corrected chi connectivity index (χ0v) is 10.9. The Morgan fingerprint density at radius 2 is 2.24 bits per heavy atom. The predicted molar refractivity (Wildman–Crippen MR) is 69.7 cm³/mol. The molecule has 1 heterocycles. The quantitative estimate of drug-likeness (QED) is 0.874. The minimum Gasteiger partial charge on any atom is -0.468 e. The van der Waals surface area contributed by atoms with E-state index in [4.69, 9.17) is 10.2 Å². The molecule has 2 N–H and O–H groups in total. The molecular formula is C14H24N2O. The van der Waals surface area contributed by atoms with Gasteiger partial charge in [0.2, 0.25) is 0 Å². The van der Waals surface area contributed by atoms with Crippen LogP contribution in [0.5, 0.6) is 0 Å². The molecule has 3 nitrogen and oxygen atoms in total. The maximum atomic E-state index is 5.90. The zero-order chi connectivity index (χ0) is 12.3. The minimum absolute atomic E-state index is 0.335. The number of hydrogen-bond acceptors (Lipinski definition) is 3. The van der Waals surface area contributed by atoms with Crippen molar-refractivity contribution in [2.75, 3.05) is 13.6 Å². The molecule has 0 spiro atoms. The second-order valence-corrected chi connectivity index (χ2v) is 5.20. The fourth-order valence-corrected chi connectivity index (χ4v) is 3.02. The lowest BCUT2D eigenvalue weighted by Crippen LogP contribution is -2.44. The summed E-state index contributed by atoms with van der Waals surface area (Å²) in [6, 6.07) is 4.96. The minimum atomic E-state index is 0.335. The Labute approximate surface area is 104 Å². The summed E-state index contributed by atoms with van der Waals surface area (Å²) in [6.07, 6.45) is 6.96. The van der Waals surface area contributed by atoms with Gasteiger partial charge in [-0.05, 0) is 51.4 Å². The number of rotatable bonds is 4. The third kappa shape index (κ3) is 2.72. The topological polar surface area (TPSA) is 42.4 Å². The lowest BCUT2D eigenvalue weighted by Gasteiger charge is -2.40. The van der Waals surface area contributed by atoms with Gasteiger partial charge in [-0.25, -0.2) is 0 Å². The number of furan rings is 1. The number of hydrogen-bond donors (Lipinski definition) is 1. The third-order valence-corrected chi connectivity index (χ3v) is 4.26. The van der Waals surface area contributed by atoms with Crippen LogP contribution in [0.25, 0.3) is 0 Å². The fourth-order valence-electron chi connectivity index (χ4n) is 3.02. The fraction of sp³-hybridized carbons (Fsp3) is 0.714. The van der Waals surface area contributed by atoms with Gasteiger partial charge in [-0.1, -0.05) is 12.8 Å². The second-order valence-electron chi connectivity index (χ2n) is 5.20. The molecule has 0 aromatic carbocycles. The monoisotopic (exact) mass is 236 g/mol. The van der Waals surface area contributed by atoms with Crippen LogP contribution in [0.1, 0.15) is 44.4 Å². The van der Waals surface area contributed by atoms with E-state index in [1.165, 1.54) is 25.7 Å². The van der Waals surface area contributed by atoms with Crippen molar-refractivity contribution in [3.8, 4) is 0 Å². The van der Waals surface area contributed by atoms with Gasteiger partial charge < -0.3 is 10.2 Å². The molecule has 1 aliphatic rings. The highest BCUT2D eigenvalue weighted by Crippen LogP contribution is 2.32. The third-order valence-electron chi connectivity index (χ3n) is 4.26. The van der Waals surface area contributed by atoms with E-state index >= 15 is 0 Å². The Morgan fingerprint density at radius 1 is 1.47 bits per heavy atom. The van der Waals surface area contributed by atoms with Crippen molar-refractivity contribution in [3.63, 3.8) is 0 Å². The lowest BCUT2D eigenvalue weighted by molar-refractivity contribution is 0.0894. The van der Waals surface area contributed by atoms with Crippen LogP contribution < -0.4 is 5.73 Å².